The van der Waals surface area contributed by atoms with E-state index in [1.165, 1.54) is 0 Å². The molecule has 2 rings (SSSR count). The van der Waals surface area contributed by atoms with Gasteiger partial charge in [0.05, 0.1) is 18.8 Å². The third-order valence-corrected chi connectivity index (χ3v) is 3.14. The van der Waals surface area contributed by atoms with Crippen LogP contribution in [0.2, 0.25) is 0 Å². The fourth-order valence-corrected chi connectivity index (χ4v) is 2.19. The Kier molecular flexibility index (Phi) is 2.74. The van der Waals surface area contributed by atoms with Gasteiger partial charge in [-0.05, 0) is 26.3 Å². The maximum Gasteiger partial charge on any atom is 0.242 e. The van der Waals surface area contributed by atoms with Crippen molar-refractivity contribution in [2.75, 3.05) is 32.8 Å². The summed E-state index contributed by atoms with van der Waals surface area (Å²) < 4.78 is 5.23. The van der Waals surface area contributed by atoms with Crippen molar-refractivity contribution in [1.82, 2.24) is 10.2 Å². The van der Waals surface area contributed by atoms with Crippen LogP contribution in [-0.2, 0) is 9.53 Å². The molecule has 0 aliphatic carbocycles. The lowest BCUT2D eigenvalue weighted by atomic mass is 9.98. The van der Waals surface area contributed by atoms with Crippen molar-refractivity contribution >= 4 is 5.91 Å². The van der Waals surface area contributed by atoms with Gasteiger partial charge in [0.15, 0.2) is 0 Å². The topological polar surface area (TPSA) is 41.6 Å². The Morgan fingerprint density at radius 1 is 1.43 bits per heavy atom. The number of amides is 1. The molecule has 2 aliphatic heterocycles. The highest BCUT2D eigenvalue weighted by molar-refractivity contribution is 5.86. The second kappa shape index (κ2) is 3.87. The number of hydrogen-bond donors (Lipinski definition) is 1. The van der Waals surface area contributed by atoms with Gasteiger partial charge in [-0.25, -0.2) is 0 Å². The summed E-state index contributed by atoms with van der Waals surface area (Å²) in [5.74, 6) is 0.248. The predicted octanol–water partition coefficient (Wildman–Crippen LogP) is -0.0127. The molecule has 2 saturated heterocycles. The molecule has 0 spiro atoms. The third-order valence-electron chi connectivity index (χ3n) is 3.14. The summed E-state index contributed by atoms with van der Waals surface area (Å²) in [4.78, 5) is 14.0. The molecule has 4 heteroatoms. The van der Waals surface area contributed by atoms with Gasteiger partial charge in [-0.3, -0.25) is 4.79 Å². The number of carbonyl (C=O) groups excluding carboxylic acids is 1. The lowest BCUT2D eigenvalue weighted by Gasteiger charge is -2.34. The van der Waals surface area contributed by atoms with Crippen molar-refractivity contribution in [3.05, 3.63) is 0 Å². The molecule has 14 heavy (non-hydrogen) atoms. The van der Waals surface area contributed by atoms with Gasteiger partial charge in [0.1, 0.15) is 0 Å². The molecule has 2 heterocycles. The average molecular weight is 198 g/mol. The molecule has 0 aromatic heterocycles. The third kappa shape index (κ3) is 1.77. The normalized spacial score (nSPS) is 33.4. The first-order valence-corrected chi connectivity index (χ1v) is 5.34. The smallest absolute Gasteiger partial charge is 0.242 e. The first-order valence-electron chi connectivity index (χ1n) is 5.34. The molecule has 1 atom stereocenters. The second-order valence-electron chi connectivity index (χ2n) is 4.27. The molecule has 0 saturated carbocycles. The Morgan fingerprint density at radius 3 is 2.71 bits per heavy atom. The van der Waals surface area contributed by atoms with E-state index in [9.17, 15) is 4.79 Å². The first-order chi connectivity index (χ1) is 6.72. The number of rotatable bonds is 1. The van der Waals surface area contributed by atoms with Crippen LogP contribution < -0.4 is 5.32 Å². The van der Waals surface area contributed by atoms with E-state index in [0.29, 0.717) is 13.2 Å². The molecule has 0 aromatic carbocycles. The van der Waals surface area contributed by atoms with E-state index >= 15 is 0 Å². The van der Waals surface area contributed by atoms with E-state index in [0.717, 1.165) is 32.5 Å². The second-order valence-corrected chi connectivity index (χ2v) is 4.27. The summed E-state index contributed by atoms with van der Waals surface area (Å²) >= 11 is 0. The van der Waals surface area contributed by atoms with Crippen LogP contribution >= 0.6 is 0 Å². The predicted molar refractivity (Wildman–Crippen MR) is 53.0 cm³/mol. The lowest BCUT2D eigenvalue weighted by molar-refractivity contribution is -0.141. The van der Waals surface area contributed by atoms with Gasteiger partial charge in [-0.1, -0.05) is 0 Å². The van der Waals surface area contributed by atoms with Gasteiger partial charge in [-0.15, -0.1) is 0 Å². The Bertz CT molecular complexity index is 218. The largest absolute Gasteiger partial charge is 0.378 e. The molecular weight excluding hydrogens is 180 g/mol. The van der Waals surface area contributed by atoms with Crippen molar-refractivity contribution in [2.24, 2.45) is 0 Å². The number of hydrogen-bond acceptors (Lipinski definition) is 3. The SMILES string of the molecule is C[C@]1(C(=O)N2CCOCC2)CCCN1. The van der Waals surface area contributed by atoms with E-state index in [2.05, 4.69) is 5.32 Å². The van der Waals surface area contributed by atoms with Crippen LogP contribution in [0, 0.1) is 0 Å². The van der Waals surface area contributed by atoms with Gasteiger partial charge < -0.3 is 15.0 Å². The van der Waals surface area contributed by atoms with E-state index in [4.69, 9.17) is 4.74 Å². The van der Waals surface area contributed by atoms with Crippen molar-refractivity contribution in [3.8, 4) is 0 Å². The molecule has 2 aliphatic rings. The van der Waals surface area contributed by atoms with Crippen LogP contribution in [0.5, 0.6) is 0 Å². The van der Waals surface area contributed by atoms with E-state index < -0.39 is 0 Å². The van der Waals surface area contributed by atoms with Crippen molar-refractivity contribution < 1.29 is 9.53 Å². The molecule has 2 fully saturated rings. The van der Waals surface area contributed by atoms with Crippen LogP contribution in [0.3, 0.4) is 0 Å². The van der Waals surface area contributed by atoms with E-state index in [1.54, 1.807) is 0 Å². The Morgan fingerprint density at radius 2 is 2.14 bits per heavy atom. The summed E-state index contributed by atoms with van der Waals surface area (Å²) in [6.07, 6.45) is 2.07. The van der Waals surface area contributed by atoms with Crippen LogP contribution in [0.1, 0.15) is 19.8 Å². The average Bonchev–Trinajstić information content (AvgIpc) is 2.67. The van der Waals surface area contributed by atoms with Crippen LogP contribution in [0.25, 0.3) is 0 Å². The van der Waals surface area contributed by atoms with Gasteiger partial charge in [0.2, 0.25) is 5.91 Å². The maximum absolute atomic E-state index is 12.1. The molecule has 0 aromatic rings. The number of nitrogens with zero attached hydrogens (tertiary/aromatic N) is 1. The molecule has 1 N–H and O–H groups in total. The van der Waals surface area contributed by atoms with Crippen molar-refractivity contribution in [3.63, 3.8) is 0 Å². The molecular formula is C10H18N2O2. The summed E-state index contributed by atoms with van der Waals surface area (Å²) in [5.41, 5.74) is -0.308. The van der Waals surface area contributed by atoms with Gasteiger partial charge in [0, 0.05) is 13.1 Å². The zero-order valence-corrected chi connectivity index (χ0v) is 8.71. The highest BCUT2D eigenvalue weighted by Gasteiger charge is 2.39. The van der Waals surface area contributed by atoms with E-state index in [-0.39, 0.29) is 11.4 Å². The van der Waals surface area contributed by atoms with Crippen molar-refractivity contribution in [1.29, 1.82) is 0 Å². The highest BCUT2D eigenvalue weighted by Crippen LogP contribution is 2.21. The van der Waals surface area contributed by atoms with Gasteiger partial charge >= 0.3 is 0 Å². The minimum Gasteiger partial charge on any atom is -0.378 e. The molecule has 0 radical (unpaired) electrons. The first kappa shape index (κ1) is 9.93. The molecule has 0 bridgehead atoms. The lowest BCUT2D eigenvalue weighted by Crippen LogP contribution is -2.55. The van der Waals surface area contributed by atoms with Gasteiger partial charge in [-0.2, -0.15) is 0 Å². The number of carbonyl (C=O) groups is 1. The summed E-state index contributed by atoms with van der Waals surface area (Å²) in [5, 5.41) is 3.30. The standard InChI is InChI=1S/C10H18N2O2/c1-10(3-2-4-11-10)9(13)12-5-7-14-8-6-12/h11H,2-8H2,1H3/t10-/m1/s1. The summed E-state index contributed by atoms with van der Waals surface area (Å²) in [6, 6.07) is 0. The molecule has 80 valence electrons. The summed E-state index contributed by atoms with van der Waals surface area (Å²) in [7, 11) is 0. The number of morpholine rings is 1. The Labute approximate surface area is 84.6 Å². The van der Waals surface area contributed by atoms with Crippen LogP contribution in [-0.4, -0.2) is 49.2 Å². The van der Waals surface area contributed by atoms with Crippen LogP contribution in [0.15, 0.2) is 0 Å². The molecule has 0 unspecified atom stereocenters. The van der Waals surface area contributed by atoms with Crippen molar-refractivity contribution in [2.45, 2.75) is 25.3 Å². The fraction of sp³-hybridized carbons (Fsp3) is 0.900. The summed E-state index contributed by atoms with van der Waals surface area (Å²) in [6.45, 7) is 5.83. The number of nitrogens with one attached hydrogen (secondary N) is 1. The fourth-order valence-electron chi connectivity index (χ4n) is 2.19. The quantitative estimate of drug-likeness (QED) is 0.644. The minimum atomic E-state index is -0.308. The molecule has 1 amide bonds. The highest BCUT2D eigenvalue weighted by atomic mass is 16.5. The van der Waals surface area contributed by atoms with Gasteiger partial charge in [0.25, 0.3) is 0 Å². The van der Waals surface area contributed by atoms with Crippen LogP contribution in [0.4, 0.5) is 0 Å². The maximum atomic E-state index is 12.1. The zero-order valence-electron chi connectivity index (χ0n) is 8.71. The minimum absolute atomic E-state index is 0.248. The van der Waals surface area contributed by atoms with E-state index in [1.807, 2.05) is 11.8 Å². The number of ether oxygens (including phenoxy) is 1. The zero-order chi connectivity index (χ0) is 10.0. The Hall–Kier alpha value is -0.610. The Balaban J connectivity index is 1.98. The monoisotopic (exact) mass is 198 g/mol. The molecule has 4 nitrogen and oxygen atoms in total.